The second-order valence-corrected chi connectivity index (χ2v) is 7.62. The van der Waals surface area contributed by atoms with E-state index in [1.165, 1.54) is 18.2 Å². The second kappa shape index (κ2) is 8.37. The lowest BCUT2D eigenvalue weighted by Gasteiger charge is -2.12. The van der Waals surface area contributed by atoms with E-state index in [4.69, 9.17) is 21.4 Å². The molecule has 0 aromatic heterocycles. The zero-order valence-electron chi connectivity index (χ0n) is 13.8. The first-order valence-electron chi connectivity index (χ1n) is 7.62. The highest BCUT2D eigenvalue weighted by atomic mass is 35.5. The van der Waals surface area contributed by atoms with Gasteiger partial charge in [-0.3, -0.25) is 9.52 Å². The van der Waals surface area contributed by atoms with Gasteiger partial charge in [0.1, 0.15) is 0 Å². The SMILES string of the molecule is Cc1ccc(Cl)cc1NS(=O)(=O)c1ccc(OCCCC(=O)O)c(F)c1. The minimum absolute atomic E-state index is 0.00920. The van der Waals surface area contributed by atoms with Gasteiger partial charge in [-0.05, 0) is 49.2 Å². The highest BCUT2D eigenvalue weighted by Gasteiger charge is 2.18. The van der Waals surface area contributed by atoms with Gasteiger partial charge in [-0.25, -0.2) is 12.8 Å². The smallest absolute Gasteiger partial charge is 0.303 e. The molecule has 6 nitrogen and oxygen atoms in total. The number of aryl methyl sites for hydroxylation is 1. The summed E-state index contributed by atoms with van der Waals surface area (Å²) in [6.45, 7) is 1.72. The molecule has 9 heteroatoms. The Morgan fingerprint density at radius 1 is 1.27 bits per heavy atom. The van der Waals surface area contributed by atoms with Crippen LogP contribution in [0.5, 0.6) is 5.75 Å². The summed E-state index contributed by atoms with van der Waals surface area (Å²) in [7, 11) is -4.01. The molecule has 0 unspecified atom stereocenters. The molecule has 2 rings (SSSR count). The molecular weight excluding hydrogens is 385 g/mol. The van der Waals surface area contributed by atoms with E-state index in [1.54, 1.807) is 19.1 Å². The van der Waals surface area contributed by atoms with Gasteiger partial charge in [0.15, 0.2) is 11.6 Å². The molecule has 26 heavy (non-hydrogen) atoms. The fraction of sp³-hybridized carbons (Fsp3) is 0.235. The maximum absolute atomic E-state index is 14.1. The zero-order chi connectivity index (χ0) is 19.3. The number of hydrogen-bond acceptors (Lipinski definition) is 4. The Balaban J connectivity index is 2.13. The van der Waals surface area contributed by atoms with E-state index in [9.17, 15) is 17.6 Å². The Labute approximate surface area is 155 Å². The summed E-state index contributed by atoms with van der Waals surface area (Å²) < 4.78 is 46.5. The number of rotatable bonds is 8. The van der Waals surface area contributed by atoms with Crippen molar-refractivity contribution in [1.82, 2.24) is 0 Å². The molecule has 2 N–H and O–H groups in total. The van der Waals surface area contributed by atoms with Crippen molar-refractivity contribution in [2.45, 2.75) is 24.7 Å². The molecule has 0 spiro atoms. The predicted octanol–water partition coefficient (Wildman–Crippen LogP) is 3.83. The molecule has 0 bridgehead atoms. The van der Waals surface area contributed by atoms with E-state index in [0.717, 1.165) is 6.07 Å². The molecular formula is C17H17ClFNO5S. The number of anilines is 1. The van der Waals surface area contributed by atoms with Crippen molar-refractivity contribution >= 4 is 33.3 Å². The normalized spacial score (nSPS) is 11.2. The average molecular weight is 402 g/mol. The van der Waals surface area contributed by atoms with Crippen LogP contribution in [0, 0.1) is 12.7 Å². The number of hydrogen-bond donors (Lipinski definition) is 2. The van der Waals surface area contributed by atoms with Crippen molar-refractivity contribution in [2.75, 3.05) is 11.3 Å². The third-order valence-corrected chi connectivity index (χ3v) is 5.05. The Morgan fingerprint density at radius 3 is 2.65 bits per heavy atom. The molecule has 0 radical (unpaired) electrons. The Hall–Kier alpha value is -2.32. The first-order valence-corrected chi connectivity index (χ1v) is 9.48. The number of aliphatic carboxylic acids is 1. The summed E-state index contributed by atoms with van der Waals surface area (Å²) in [6, 6.07) is 7.99. The minimum atomic E-state index is -4.01. The number of sulfonamides is 1. The number of carboxylic acids is 1. The van der Waals surface area contributed by atoms with Crippen molar-refractivity contribution < 1.29 is 27.4 Å². The number of benzene rings is 2. The molecule has 2 aromatic rings. The van der Waals surface area contributed by atoms with E-state index in [-0.39, 0.29) is 30.1 Å². The molecule has 0 aliphatic rings. The summed E-state index contributed by atoms with van der Waals surface area (Å²) in [5.41, 5.74) is 0.962. The predicted molar refractivity (Wildman–Crippen MR) is 95.8 cm³/mol. The van der Waals surface area contributed by atoms with Gasteiger partial charge in [0.2, 0.25) is 0 Å². The number of carbonyl (C=O) groups is 1. The van der Waals surface area contributed by atoms with Crippen LogP contribution in [0.4, 0.5) is 10.1 Å². The summed E-state index contributed by atoms with van der Waals surface area (Å²) in [5, 5.41) is 8.90. The summed E-state index contributed by atoms with van der Waals surface area (Å²) in [4.78, 5) is 10.1. The molecule has 140 valence electrons. The third-order valence-electron chi connectivity index (χ3n) is 3.45. The fourth-order valence-electron chi connectivity index (χ4n) is 2.08. The van der Waals surface area contributed by atoms with Gasteiger partial charge in [0.25, 0.3) is 10.0 Å². The molecule has 0 heterocycles. The number of ether oxygens (including phenoxy) is 1. The first kappa shape index (κ1) is 20.0. The van der Waals surface area contributed by atoms with Crippen LogP contribution in [0.25, 0.3) is 0 Å². The Kier molecular flexibility index (Phi) is 6.44. The van der Waals surface area contributed by atoms with Gasteiger partial charge in [0.05, 0.1) is 17.2 Å². The van der Waals surface area contributed by atoms with E-state index in [2.05, 4.69) is 4.72 Å². The Bertz CT molecular complexity index is 917. The highest BCUT2D eigenvalue weighted by molar-refractivity contribution is 7.92. The lowest BCUT2D eigenvalue weighted by Crippen LogP contribution is -2.14. The van der Waals surface area contributed by atoms with Crippen molar-refractivity contribution in [1.29, 1.82) is 0 Å². The van der Waals surface area contributed by atoms with Crippen molar-refractivity contribution in [3.63, 3.8) is 0 Å². The summed E-state index contributed by atoms with van der Waals surface area (Å²) in [5.74, 6) is -1.97. The molecule has 2 aromatic carbocycles. The minimum Gasteiger partial charge on any atom is -0.491 e. The van der Waals surface area contributed by atoms with Crippen LogP contribution in [0.15, 0.2) is 41.3 Å². The van der Waals surface area contributed by atoms with Crippen molar-refractivity contribution in [2.24, 2.45) is 0 Å². The van der Waals surface area contributed by atoms with Crippen LogP contribution in [0.1, 0.15) is 18.4 Å². The van der Waals surface area contributed by atoms with Crippen LogP contribution in [0.2, 0.25) is 5.02 Å². The van der Waals surface area contributed by atoms with Crippen LogP contribution in [0.3, 0.4) is 0 Å². The van der Waals surface area contributed by atoms with Crippen LogP contribution in [-0.2, 0) is 14.8 Å². The second-order valence-electron chi connectivity index (χ2n) is 5.50. The largest absolute Gasteiger partial charge is 0.491 e. The first-order chi connectivity index (χ1) is 12.2. The quantitative estimate of drug-likeness (QED) is 0.656. The monoisotopic (exact) mass is 401 g/mol. The average Bonchev–Trinajstić information content (AvgIpc) is 2.55. The number of nitrogens with one attached hydrogen (secondary N) is 1. The lowest BCUT2D eigenvalue weighted by atomic mass is 10.2. The fourth-order valence-corrected chi connectivity index (χ4v) is 3.38. The summed E-state index contributed by atoms with van der Waals surface area (Å²) >= 11 is 5.87. The molecule has 0 fully saturated rings. The van der Waals surface area contributed by atoms with E-state index < -0.39 is 21.8 Å². The molecule has 0 saturated carbocycles. The van der Waals surface area contributed by atoms with Gasteiger partial charge in [0, 0.05) is 11.4 Å². The van der Waals surface area contributed by atoms with Gasteiger partial charge in [-0.15, -0.1) is 0 Å². The van der Waals surface area contributed by atoms with E-state index in [0.29, 0.717) is 16.3 Å². The Morgan fingerprint density at radius 2 is 2.00 bits per heavy atom. The molecule has 0 aliphatic carbocycles. The maximum Gasteiger partial charge on any atom is 0.303 e. The highest BCUT2D eigenvalue weighted by Crippen LogP contribution is 2.26. The van der Waals surface area contributed by atoms with E-state index in [1.807, 2.05) is 0 Å². The molecule has 0 amide bonds. The molecule has 0 saturated heterocycles. The van der Waals surface area contributed by atoms with Gasteiger partial charge in [-0.1, -0.05) is 17.7 Å². The van der Waals surface area contributed by atoms with Crippen LogP contribution >= 0.6 is 11.6 Å². The van der Waals surface area contributed by atoms with Gasteiger partial charge >= 0.3 is 5.97 Å². The van der Waals surface area contributed by atoms with Crippen LogP contribution < -0.4 is 9.46 Å². The van der Waals surface area contributed by atoms with Gasteiger partial charge in [-0.2, -0.15) is 0 Å². The van der Waals surface area contributed by atoms with Crippen LogP contribution in [-0.4, -0.2) is 26.1 Å². The number of halogens is 2. The zero-order valence-corrected chi connectivity index (χ0v) is 15.4. The lowest BCUT2D eigenvalue weighted by molar-refractivity contribution is -0.137. The summed E-state index contributed by atoms with van der Waals surface area (Å²) in [6.07, 6.45) is 0.113. The van der Waals surface area contributed by atoms with Gasteiger partial charge < -0.3 is 9.84 Å². The maximum atomic E-state index is 14.1. The third kappa shape index (κ3) is 5.34. The van der Waals surface area contributed by atoms with Crippen molar-refractivity contribution in [3.8, 4) is 5.75 Å². The molecule has 0 atom stereocenters. The van der Waals surface area contributed by atoms with Crippen molar-refractivity contribution in [3.05, 3.63) is 52.8 Å². The number of carboxylic acid groups (broad SMARTS) is 1. The standard InChI is InChI=1S/C17H17ClFNO5S/c1-11-4-5-12(18)9-15(11)20-26(23,24)13-6-7-16(14(19)10-13)25-8-2-3-17(21)22/h4-7,9-10,20H,2-3,8H2,1H3,(H,21,22). The molecule has 0 aliphatic heterocycles. The topological polar surface area (TPSA) is 92.7 Å². The van der Waals surface area contributed by atoms with E-state index >= 15 is 0 Å².